The molecule has 0 unspecified atom stereocenters. The maximum Gasteiger partial charge on any atom is 0.0189 e. The summed E-state index contributed by atoms with van der Waals surface area (Å²) >= 11 is 1.99. The summed E-state index contributed by atoms with van der Waals surface area (Å²) < 4.78 is 0. The monoisotopic (exact) mass is 287 g/mol. The van der Waals surface area contributed by atoms with E-state index in [9.17, 15) is 0 Å². The summed E-state index contributed by atoms with van der Waals surface area (Å²) in [5.41, 5.74) is 0.534. The van der Waals surface area contributed by atoms with Crippen LogP contribution in [0.4, 0.5) is 0 Å². The van der Waals surface area contributed by atoms with E-state index in [2.05, 4.69) is 35.6 Å². The summed E-state index contributed by atoms with van der Waals surface area (Å²) in [6, 6.07) is 10.8. The third-order valence-corrected chi connectivity index (χ3v) is 6.67. The number of hydrogen-bond acceptors (Lipinski definition) is 2. The maximum absolute atomic E-state index is 3.98. The molecule has 0 aromatic heterocycles. The first-order chi connectivity index (χ1) is 9.81. The highest BCUT2D eigenvalue weighted by molar-refractivity contribution is 7.99. The maximum atomic E-state index is 3.98. The molecule has 4 saturated carbocycles. The average Bonchev–Trinajstić information content (AvgIpc) is 2.43. The number of rotatable bonds is 5. The molecule has 20 heavy (non-hydrogen) atoms. The van der Waals surface area contributed by atoms with Gasteiger partial charge in [-0.15, -0.1) is 11.8 Å². The molecule has 4 aliphatic carbocycles. The van der Waals surface area contributed by atoms with Crippen LogP contribution in [0, 0.1) is 17.8 Å². The molecule has 5 rings (SSSR count). The Balaban J connectivity index is 1.29. The number of hydrogen-bond donors (Lipinski definition) is 1. The van der Waals surface area contributed by atoms with Crippen molar-refractivity contribution in [3.05, 3.63) is 30.3 Å². The lowest BCUT2D eigenvalue weighted by Crippen LogP contribution is -2.58. The third kappa shape index (κ3) is 2.65. The van der Waals surface area contributed by atoms with Gasteiger partial charge in [0.05, 0.1) is 0 Å². The van der Waals surface area contributed by atoms with Crippen LogP contribution in [0.2, 0.25) is 0 Å². The van der Waals surface area contributed by atoms with Crippen LogP contribution in [0.15, 0.2) is 35.2 Å². The minimum absolute atomic E-state index is 0.534. The van der Waals surface area contributed by atoms with Gasteiger partial charge in [-0.25, -0.2) is 0 Å². The van der Waals surface area contributed by atoms with Crippen molar-refractivity contribution < 1.29 is 0 Å². The van der Waals surface area contributed by atoms with E-state index < -0.39 is 0 Å². The van der Waals surface area contributed by atoms with Gasteiger partial charge in [0, 0.05) is 22.7 Å². The zero-order valence-corrected chi connectivity index (χ0v) is 13.0. The van der Waals surface area contributed by atoms with Gasteiger partial charge in [0.2, 0.25) is 0 Å². The minimum Gasteiger partial charge on any atom is -0.310 e. The van der Waals surface area contributed by atoms with Crippen molar-refractivity contribution in [1.82, 2.24) is 5.32 Å². The van der Waals surface area contributed by atoms with E-state index in [0.29, 0.717) is 5.54 Å². The molecule has 0 amide bonds. The van der Waals surface area contributed by atoms with Gasteiger partial charge in [-0.3, -0.25) is 0 Å². The third-order valence-electron chi connectivity index (χ3n) is 5.65. The molecule has 1 nitrogen and oxygen atoms in total. The topological polar surface area (TPSA) is 12.0 Å². The first-order valence-electron chi connectivity index (χ1n) is 8.24. The summed E-state index contributed by atoms with van der Waals surface area (Å²) in [4.78, 5) is 1.40. The number of thioether (sulfide) groups is 1. The molecule has 4 bridgehead atoms. The molecule has 4 aliphatic rings. The van der Waals surface area contributed by atoms with Gasteiger partial charge in [-0.1, -0.05) is 18.2 Å². The standard InChI is InChI=1S/C18H25NS/c1-2-4-17(5-3-1)20-7-6-19-18-11-14-8-15(12-18)10-16(9-14)13-18/h1-5,14-16,19H,6-13H2. The summed E-state index contributed by atoms with van der Waals surface area (Å²) in [5.74, 6) is 4.35. The minimum atomic E-state index is 0.534. The lowest BCUT2D eigenvalue weighted by atomic mass is 9.53. The molecular weight excluding hydrogens is 262 g/mol. The molecule has 0 spiro atoms. The predicted molar refractivity (Wildman–Crippen MR) is 86.1 cm³/mol. The Morgan fingerprint density at radius 1 is 0.950 bits per heavy atom. The highest BCUT2D eigenvalue weighted by Crippen LogP contribution is 2.55. The van der Waals surface area contributed by atoms with Gasteiger partial charge in [-0.05, 0) is 68.4 Å². The zero-order chi connectivity index (χ0) is 13.4. The first-order valence-corrected chi connectivity index (χ1v) is 9.23. The highest BCUT2D eigenvalue weighted by Gasteiger charge is 2.50. The number of benzene rings is 1. The van der Waals surface area contributed by atoms with Crippen LogP contribution < -0.4 is 5.32 Å². The highest BCUT2D eigenvalue weighted by atomic mass is 32.2. The van der Waals surface area contributed by atoms with Crippen molar-refractivity contribution in [2.24, 2.45) is 17.8 Å². The summed E-state index contributed by atoms with van der Waals surface area (Å²) in [6.07, 6.45) is 9.03. The van der Waals surface area contributed by atoms with Crippen LogP contribution >= 0.6 is 11.8 Å². The second-order valence-corrected chi connectivity index (χ2v) is 8.45. The van der Waals surface area contributed by atoms with E-state index >= 15 is 0 Å². The van der Waals surface area contributed by atoms with Crippen molar-refractivity contribution in [2.75, 3.05) is 12.3 Å². The van der Waals surface area contributed by atoms with Crippen LogP contribution in [0.1, 0.15) is 38.5 Å². The Labute approximate surface area is 126 Å². The summed E-state index contributed by atoms with van der Waals surface area (Å²) in [5, 5.41) is 3.98. The Morgan fingerprint density at radius 3 is 2.15 bits per heavy atom. The molecule has 0 heterocycles. The smallest absolute Gasteiger partial charge is 0.0189 e. The van der Waals surface area contributed by atoms with E-state index in [1.165, 1.54) is 36.5 Å². The first kappa shape index (κ1) is 13.2. The lowest BCUT2D eigenvalue weighted by molar-refractivity contribution is -0.0185. The predicted octanol–water partition coefficient (Wildman–Crippen LogP) is 4.34. The van der Waals surface area contributed by atoms with E-state index in [1.807, 2.05) is 11.8 Å². The van der Waals surface area contributed by atoms with Crippen molar-refractivity contribution in [1.29, 1.82) is 0 Å². The summed E-state index contributed by atoms with van der Waals surface area (Å²) in [6.45, 7) is 1.17. The fourth-order valence-electron chi connectivity index (χ4n) is 5.33. The van der Waals surface area contributed by atoms with Crippen LogP contribution in [-0.4, -0.2) is 17.8 Å². The lowest BCUT2D eigenvalue weighted by Gasteiger charge is -2.57. The number of nitrogens with one attached hydrogen (secondary N) is 1. The fourth-order valence-corrected chi connectivity index (χ4v) is 6.12. The normalized spacial score (nSPS) is 38.3. The largest absolute Gasteiger partial charge is 0.310 e. The van der Waals surface area contributed by atoms with Crippen molar-refractivity contribution in [3.63, 3.8) is 0 Å². The molecule has 1 aromatic rings. The van der Waals surface area contributed by atoms with Crippen molar-refractivity contribution >= 4 is 11.8 Å². The Morgan fingerprint density at radius 2 is 1.55 bits per heavy atom. The van der Waals surface area contributed by atoms with Crippen LogP contribution in [0.3, 0.4) is 0 Å². The van der Waals surface area contributed by atoms with E-state index in [-0.39, 0.29) is 0 Å². The second-order valence-electron chi connectivity index (χ2n) is 7.29. The molecule has 0 atom stereocenters. The zero-order valence-electron chi connectivity index (χ0n) is 12.2. The Hall–Kier alpha value is -0.470. The Kier molecular flexibility index (Phi) is 3.55. The SMILES string of the molecule is c1ccc(SCCNC23CC4CC(CC(C4)C2)C3)cc1. The molecule has 4 fully saturated rings. The van der Waals surface area contributed by atoms with Crippen LogP contribution in [0.25, 0.3) is 0 Å². The second kappa shape index (κ2) is 5.38. The van der Waals surface area contributed by atoms with Crippen LogP contribution in [-0.2, 0) is 0 Å². The van der Waals surface area contributed by atoms with Gasteiger partial charge >= 0.3 is 0 Å². The van der Waals surface area contributed by atoms with Gasteiger partial charge in [-0.2, -0.15) is 0 Å². The average molecular weight is 287 g/mol. The van der Waals surface area contributed by atoms with Crippen molar-refractivity contribution in [3.8, 4) is 0 Å². The van der Waals surface area contributed by atoms with E-state index in [1.54, 1.807) is 19.3 Å². The van der Waals surface area contributed by atoms with E-state index in [4.69, 9.17) is 0 Å². The van der Waals surface area contributed by atoms with Gasteiger partial charge in [0.25, 0.3) is 0 Å². The quantitative estimate of drug-likeness (QED) is 0.639. The Bertz CT molecular complexity index is 420. The molecule has 0 radical (unpaired) electrons. The van der Waals surface area contributed by atoms with Gasteiger partial charge in [0.1, 0.15) is 0 Å². The van der Waals surface area contributed by atoms with Gasteiger partial charge < -0.3 is 5.32 Å². The molecule has 1 N–H and O–H groups in total. The fraction of sp³-hybridized carbons (Fsp3) is 0.667. The molecular formula is C18H25NS. The summed E-state index contributed by atoms with van der Waals surface area (Å²) in [7, 11) is 0. The van der Waals surface area contributed by atoms with E-state index in [0.717, 1.165) is 17.8 Å². The van der Waals surface area contributed by atoms with Crippen LogP contribution in [0.5, 0.6) is 0 Å². The molecule has 1 aromatic carbocycles. The van der Waals surface area contributed by atoms with Gasteiger partial charge in [0.15, 0.2) is 0 Å². The molecule has 0 saturated heterocycles. The molecule has 0 aliphatic heterocycles. The molecule has 108 valence electrons. The van der Waals surface area contributed by atoms with Crippen molar-refractivity contribution in [2.45, 2.75) is 49.0 Å². The molecule has 2 heteroatoms.